The van der Waals surface area contributed by atoms with E-state index in [1.165, 1.54) is 0 Å². The van der Waals surface area contributed by atoms with Crippen molar-refractivity contribution in [2.75, 3.05) is 0 Å². The van der Waals surface area contributed by atoms with Crippen LogP contribution in [-0.2, 0) is 5.60 Å². The molecule has 0 aliphatic carbocycles. The van der Waals surface area contributed by atoms with Crippen molar-refractivity contribution >= 4 is 27.5 Å². The summed E-state index contributed by atoms with van der Waals surface area (Å²) in [6.45, 7) is 5.73. The predicted octanol–water partition coefficient (Wildman–Crippen LogP) is 3.97. The maximum atomic E-state index is 10.2. The van der Waals surface area contributed by atoms with Gasteiger partial charge in [-0.25, -0.2) is 0 Å². The van der Waals surface area contributed by atoms with Gasteiger partial charge in [-0.1, -0.05) is 47.4 Å². The first-order chi connectivity index (χ1) is 6.35. The van der Waals surface area contributed by atoms with Crippen LogP contribution in [0.5, 0.6) is 0 Å². The fourth-order valence-electron chi connectivity index (χ4n) is 1.21. The van der Waals surface area contributed by atoms with Crippen LogP contribution >= 0.6 is 27.5 Å². The summed E-state index contributed by atoms with van der Waals surface area (Å²) in [7, 11) is 0. The first-order valence-electron chi connectivity index (χ1n) is 4.53. The Morgan fingerprint density at radius 2 is 2.00 bits per heavy atom. The molecule has 1 atom stereocenters. The summed E-state index contributed by atoms with van der Waals surface area (Å²) in [6, 6.07) is 5.54. The van der Waals surface area contributed by atoms with E-state index in [0.717, 1.165) is 10.0 Å². The van der Waals surface area contributed by atoms with Crippen LogP contribution in [0, 0.1) is 5.92 Å². The number of rotatable bonds is 2. The second-order valence-corrected chi connectivity index (χ2v) is 5.25. The van der Waals surface area contributed by atoms with Gasteiger partial charge in [0, 0.05) is 15.1 Å². The van der Waals surface area contributed by atoms with E-state index in [-0.39, 0.29) is 5.92 Å². The van der Waals surface area contributed by atoms with E-state index in [9.17, 15) is 5.11 Å². The second kappa shape index (κ2) is 4.21. The van der Waals surface area contributed by atoms with Crippen molar-refractivity contribution < 1.29 is 5.11 Å². The highest BCUT2D eigenvalue weighted by atomic mass is 79.9. The van der Waals surface area contributed by atoms with E-state index in [4.69, 9.17) is 11.6 Å². The normalized spacial score (nSPS) is 15.6. The first kappa shape index (κ1) is 12.0. The van der Waals surface area contributed by atoms with Crippen molar-refractivity contribution in [2.45, 2.75) is 26.4 Å². The highest BCUT2D eigenvalue weighted by molar-refractivity contribution is 9.10. The maximum Gasteiger partial charge on any atom is 0.0905 e. The van der Waals surface area contributed by atoms with Crippen molar-refractivity contribution in [1.29, 1.82) is 0 Å². The van der Waals surface area contributed by atoms with Gasteiger partial charge < -0.3 is 5.11 Å². The van der Waals surface area contributed by atoms with Crippen LogP contribution in [0.3, 0.4) is 0 Å². The molecule has 78 valence electrons. The minimum Gasteiger partial charge on any atom is -0.385 e. The lowest BCUT2D eigenvalue weighted by Crippen LogP contribution is -2.28. The topological polar surface area (TPSA) is 20.2 Å². The van der Waals surface area contributed by atoms with Gasteiger partial charge in [0.25, 0.3) is 0 Å². The quantitative estimate of drug-likeness (QED) is 0.867. The van der Waals surface area contributed by atoms with Gasteiger partial charge in [0.15, 0.2) is 0 Å². The number of hydrogen-bond donors (Lipinski definition) is 1. The van der Waals surface area contributed by atoms with E-state index in [1.54, 1.807) is 13.0 Å². The Kier molecular flexibility index (Phi) is 3.62. The van der Waals surface area contributed by atoms with E-state index in [2.05, 4.69) is 15.9 Å². The largest absolute Gasteiger partial charge is 0.385 e. The summed E-state index contributed by atoms with van der Waals surface area (Å²) < 4.78 is 0.922. The zero-order valence-corrected chi connectivity index (χ0v) is 10.9. The Balaban J connectivity index is 3.19. The van der Waals surface area contributed by atoms with Gasteiger partial charge in [-0.3, -0.25) is 0 Å². The molecule has 0 radical (unpaired) electrons. The molecular weight excluding hydrogens is 263 g/mol. The third-order valence-corrected chi connectivity index (χ3v) is 3.41. The molecule has 1 aromatic rings. The highest BCUT2D eigenvalue weighted by Crippen LogP contribution is 2.35. The average molecular weight is 278 g/mol. The molecule has 3 heteroatoms. The molecule has 14 heavy (non-hydrogen) atoms. The van der Waals surface area contributed by atoms with Gasteiger partial charge >= 0.3 is 0 Å². The van der Waals surface area contributed by atoms with Crippen LogP contribution in [0.2, 0.25) is 5.02 Å². The Labute approximate surface area is 98.2 Å². The lowest BCUT2D eigenvalue weighted by atomic mass is 9.85. The molecule has 0 aromatic heterocycles. The SMILES string of the molecule is CC(C)C(C)(O)c1ccc(Br)cc1Cl. The van der Waals surface area contributed by atoms with Crippen LogP contribution in [0.1, 0.15) is 26.3 Å². The zero-order chi connectivity index (χ0) is 10.9. The summed E-state index contributed by atoms with van der Waals surface area (Å²) in [5.74, 6) is 0.126. The molecule has 0 amide bonds. The Hall–Kier alpha value is -0.0500. The molecule has 1 aromatic carbocycles. The predicted molar refractivity (Wildman–Crippen MR) is 63.6 cm³/mol. The molecule has 0 spiro atoms. The molecule has 0 aliphatic heterocycles. The van der Waals surface area contributed by atoms with Crippen LogP contribution in [0.4, 0.5) is 0 Å². The Morgan fingerprint density at radius 3 is 2.43 bits per heavy atom. The van der Waals surface area contributed by atoms with Gasteiger partial charge in [0.1, 0.15) is 0 Å². The Morgan fingerprint density at radius 1 is 1.43 bits per heavy atom. The van der Waals surface area contributed by atoms with Crippen molar-refractivity contribution in [3.63, 3.8) is 0 Å². The van der Waals surface area contributed by atoms with Crippen molar-refractivity contribution in [3.8, 4) is 0 Å². The summed E-state index contributed by atoms with van der Waals surface area (Å²) in [5.41, 5.74) is -0.102. The lowest BCUT2D eigenvalue weighted by Gasteiger charge is -2.29. The summed E-state index contributed by atoms with van der Waals surface area (Å²) in [4.78, 5) is 0. The molecule has 0 saturated carbocycles. The van der Waals surface area contributed by atoms with Crippen LogP contribution in [0.25, 0.3) is 0 Å². The number of benzene rings is 1. The third kappa shape index (κ3) is 2.30. The molecular formula is C11H14BrClO. The van der Waals surface area contributed by atoms with Gasteiger partial charge in [-0.15, -0.1) is 0 Å². The zero-order valence-electron chi connectivity index (χ0n) is 8.51. The number of hydrogen-bond acceptors (Lipinski definition) is 1. The minimum atomic E-state index is -0.877. The summed E-state index contributed by atoms with van der Waals surface area (Å²) in [5, 5.41) is 10.8. The molecule has 1 rings (SSSR count). The molecule has 1 N–H and O–H groups in total. The Bertz CT molecular complexity index is 334. The van der Waals surface area contributed by atoms with Gasteiger partial charge in [-0.05, 0) is 25.0 Å². The third-order valence-electron chi connectivity index (χ3n) is 2.60. The van der Waals surface area contributed by atoms with Crippen molar-refractivity contribution in [3.05, 3.63) is 33.3 Å². The molecule has 0 heterocycles. The number of halogens is 2. The monoisotopic (exact) mass is 276 g/mol. The van der Waals surface area contributed by atoms with E-state index in [1.807, 2.05) is 26.0 Å². The summed E-state index contributed by atoms with van der Waals surface area (Å²) >= 11 is 9.40. The summed E-state index contributed by atoms with van der Waals surface area (Å²) in [6.07, 6.45) is 0. The van der Waals surface area contributed by atoms with Crippen molar-refractivity contribution in [2.24, 2.45) is 5.92 Å². The average Bonchev–Trinajstić information content (AvgIpc) is 2.02. The first-order valence-corrected chi connectivity index (χ1v) is 5.70. The molecule has 0 aliphatic rings. The van der Waals surface area contributed by atoms with E-state index >= 15 is 0 Å². The lowest BCUT2D eigenvalue weighted by molar-refractivity contribution is 0.00914. The molecule has 1 unspecified atom stereocenters. The molecule has 0 bridgehead atoms. The van der Waals surface area contributed by atoms with Crippen LogP contribution in [0.15, 0.2) is 22.7 Å². The fraction of sp³-hybridized carbons (Fsp3) is 0.455. The molecule has 0 fully saturated rings. The van der Waals surface area contributed by atoms with Gasteiger partial charge in [0.05, 0.1) is 5.60 Å². The standard InChI is InChI=1S/C11H14BrClO/c1-7(2)11(3,14)9-5-4-8(12)6-10(9)13/h4-7,14H,1-3H3. The minimum absolute atomic E-state index is 0.126. The highest BCUT2D eigenvalue weighted by Gasteiger charge is 2.29. The van der Waals surface area contributed by atoms with Gasteiger partial charge in [-0.2, -0.15) is 0 Å². The van der Waals surface area contributed by atoms with E-state index < -0.39 is 5.60 Å². The molecule has 0 saturated heterocycles. The molecule has 1 nitrogen and oxygen atoms in total. The second-order valence-electron chi connectivity index (χ2n) is 3.93. The van der Waals surface area contributed by atoms with Crippen molar-refractivity contribution in [1.82, 2.24) is 0 Å². The smallest absolute Gasteiger partial charge is 0.0905 e. The fourth-order valence-corrected chi connectivity index (χ4v) is 2.08. The van der Waals surface area contributed by atoms with Crippen LogP contribution < -0.4 is 0 Å². The maximum absolute atomic E-state index is 10.2. The number of aliphatic hydroxyl groups is 1. The van der Waals surface area contributed by atoms with Gasteiger partial charge in [0.2, 0.25) is 0 Å². The van der Waals surface area contributed by atoms with Crippen LogP contribution in [-0.4, -0.2) is 5.11 Å². The van der Waals surface area contributed by atoms with E-state index in [0.29, 0.717) is 5.02 Å².